The molecule has 0 bridgehead atoms. The van der Waals surface area contributed by atoms with Gasteiger partial charge < -0.3 is 15.0 Å². The standard InChI is InChI=1S/C24H30N2O3S/c1-19-7-9-22(10-8-19)30-18-14-25-24(28)20-11-15-26(16-12-20)23(27)13-17-29-21-5-3-2-4-6-21/h2-10,20H,11-18H2,1H3,(H,25,28). The third-order valence-corrected chi connectivity index (χ3v) is 6.25. The van der Waals surface area contributed by atoms with Crippen LogP contribution in [0.15, 0.2) is 59.5 Å². The molecule has 2 aromatic carbocycles. The molecule has 1 fully saturated rings. The largest absolute Gasteiger partial charge is 0.493 e. The molecule has 0 radical (unpaired) electrons. The van der Waals surface area contributed by atoms with E-state index in [0.29, 0.717) is 32.7 Å². The normalized spacial score (nSPS) is 14.4. The van der Waals surface area contributed by atoms with Crippen molar-refractivity contribution in [1.82, 2.24) is 10.2 Å². The number of hydrogen-bond donors (Lipinski definition) is 1. The van der Waals surface area contributed by atoms with E-state index in [9.17, 15) is 9.59 Å². The van der Waals surface area contributed by atoms with Crippen LogP contribution in [0.1, 0.15) is 24.8 Å². The van der Waals surface area contributed by atoms with Gasteiger partial charge in [0, 0.05) is 36.2 Å². The van der Waals surface area contributed by atoms with Gasteiger partial charge in [0.25, 0.3) is 0 Å². The number of carbonyl (C=O) groups excluding carboxylic acids is 2. The van der Waals surface area contributed by atoms with E-state index in [2.05, 4.69) is 36.5 Å². The predicted molar refractivity (Wildman–Crippen MR) is 121 cm³/mol. The number of ether oxygens (including phenoxy) is 1. The maximum atomic E-state index is 12.4. The number of rotatable bonds is 9. The van der Waals surface area contributed by atoms with Crippen LogP contribution in [0.4, 0.5) is 0 Å². The number of aryl methyl sites for hydroxylation is 1. The molecular weight excluding hydrogens is 396 g/mol. The molecule has 1 aliphatic heterocycles. The van der Waals surface area contributed by atoms with E-state index in [-0.39, 0.29) is 17.7 Å². The first kappa shape index (κ1) is 22.2. The maximum absolute atomic E-state index is 12.4. The Kier molecular flexibility index (Phi) is 8.63. The van der Waals surface area contributed by atoms with Gasteiger partial charge in [0.15, 0.2) is 0 Å². The number of carbonyl (C=O) groups is 2. The number of nitrogens with one attached hydrogen (secondary N) is 1. The minimum atomic E-state index is -0.000932. The van der Waals surface area contributed by atoms with E-state index < -0.39 is 0 Å². The molecule has 1 aliphatic rings. The number of amides is 2. The number of likely N-dealkylation sites (tertiary alicyclic amines) is 1. The van der Waals surface area contributed by atoms with E-state index in [1.54, 1.807) is 11.8 Å². The van der Waals surface area contributed by atoms with E-state index in [0.717, 1.165) is 24.3 Å². The van der Waals surface area contributed by atoms with Crippen molar-refractivity contribution in [1.29, 1.82) is 0 Å². The Hall–Kier alpha value is -2.47. The second kappa shape index (κ2) is 11.6. The maximum Gasteiger partial charge on any atom is 0.225 e. The molecular formula is C24H30N2O3S. The molecule has 3 rings (SSSR count). The fourth-order valence-corrected chi connectivity index (χ4v) is 4.21. The first-order valence-electron chi connectivity index (χ1n) is 10.5. The lowest BCUT2D eigenvalue weighted by Gasteiger charge is -2.31. The Morgan fingerprint density at radius 3 is 2.47 bits per heavy atom. The number of nitrogens with zero attached hydrogens (tertiary/aromatic N) is 1. The highest BCUT2D eigenvalue weighted by atomic mass is 32.2. The van der Waals surface area contributed by atoms with Gasteiger partial charge in [-0.1, -0.05) is 35.9 Å². The van der Waals surface area contributed by atoms with Crippen molar-refractivity contribution < 1.29 is 14.3 Å². The number of hydrogen-bond acceptors (Lipinski definition) is 4. The number of thioether (sulfide) groups is 1. The molecule has 0 atom stereocenters. The Balaban J connectivity index is 1.28. The summed E-state index contributed by atoms with van der Waals surface area (Å²) in [6, 6.07) is 17.9. The van der Waals surface area contributed by atoms with Crippen LogP contribution >= 0.6 is 11.8 Å². The van der Waals surface area contributed by atoms with Gasteiger partial charge in [0.1, 0.15) is 5.75 Å². The molecule has 160 valence electrons. The zero-order valence-electron chi connectivity index (χ0n) is 17.5. The van der Waals surface area contributed by atoms with Gasteiger partial charge in [-0.05, 0) is 44.0 Å². The topological polar surface area (TPSA) is 58.6 Å². The molecule has 0 unspecified atom stereocenters. The van der Waals surface area contributed by atoms with Gasteiger partial charge in [-0.15, -0.1) is 11.8 Å². The fraction of sp³-hybridized carbons (Fsp3) is 0.417. The van der Waals surface area contributed by atoms with E-state index in [1.807, 2.05) is 35.2 Å². The lowest BCUT2D eigenvalue weighted by molar-refractivity contribution is -0.136. The van der Waals surface area contributed by atoms with Crippen molar-refractivity contribution in [3.63, 3.8) is 0 Å². The minimum Gasteiger partial charge on any atom is -0.493 e. The summed E-state index contributed by atoms with van der Waals surface area (Å²) in [6.07, 6.45) is 1.81. The number of piperidine rings is 1. The molecule has 1 saturated heterocycles. The van der Waals surface area contributed by atoms with Crippen molar-refractivity contribution in [3.05, 3.63) is 60.2 Å². The summed E-state index contributed by atoms with van der Waals surface area (Å²) in [4.78, 5) is 27.9. The van der Waals surface area contributed by atoms with Crippen LogP contribution in [0.2, 0.25) is 0 Å². The summed E-state index contributed by atoms with van der Waals surface area (Å²) in [7, 11) is 0. The van der Waals surface area contributed by atoms with Crippen LogP contribution in [-0.2, 0) is 9.59 Å². The molecule has 2 aromatic rings. The average Bonchev–Trinajstić information content (AvgIpc) is 2.78. The van der Waals surface area contributed by atoms with Gasteiger partial charge in [-0.3, -0.25) is 9.59 Å². The highest BCUT2D eigenvalue weighted by Crippen LogP contribution is 2.20. The summed E-state index contributed by atoms with van der Waals surface area (Å²) in [5.74, 6) is 1.84. The minimum absolute atomic E-state index is 0.000932. The van der Waals surface area contributed by atoms with Crippen molar-refractivity contribution in [2.75, 3.05) is 32.0 Å². The molecule has 2 amide bonds. The zero-order valence-corrected chi connectivity index (χ0v) is 18.3. The molecule has 5 nitrogen and oxygen atoms in total. The highest BCUT2D eigenvalue weighted by molar-refractivity contribution is 7.99. The van der Waals surface area contributed by atoms with Crippen LogP contribution in [0.3, 0.4) is 0 Å². The van der Waals surface area contributed by atoms with Crippen molar-refractivity contribution in [2.24, 2.45) is 5.92 Å². The lowest BCUT2D eigenvalue weighted by atomic mass is 9.95. The van der Waals surface area contributed by atoms with Crippen molar-refractivity contribution in [2.45, 2.75) is 31.1 Å². The van der Waals surface area contributed by atoms with Crippen LogP contribution < -0.4 is 10.1 Å². The van der Waals surface area contributed by atoms with Gasteiger partial charge in [-0.25, -0.2) is 0 Å². The summed E-state index contributed by atoms with van der Waals surface area (Å²) in [6.45, 7) is 4.39. The molecule has 6 heteroatoms. The third-order valence-electron chi connectivity index (χ3n) is 5.24. The SMILES string of the molecule is Cc1ccc(SCCNC(=O)C2CCN(C(=O)CCOc3ccccc3)CC2)cc1. The fourth-order valence-electron chi connectivity index (χ4n) is 3.44. The molecule has 1 heterocycles. The molecule has 1 N–H and O–H groups in total. The van der Waals surface area contributed by atoms with Crippen molar-refractivity contribution in [3.8, 4) is 5.75 Å². The Morgan fingerprint density at radius 2 is 1.77 bits per heavy atom. The quantitative estimate of drug-likeness (QED) is 0.488. The van der Waals surface area contributed by atoms with Crippen LogP contribution in [-0.4, -0.2) is 48.7 Å². The first-order chi connectivity index (χ1) is 14.6. The summed E-state index contributed by atoms with van der Waals surface area (Å²) in [5, 5.41) is 3.05. The third kappa shape index (κ3) is 7.10. The first-order valence-corrected chi connectivity index (χ1v) is 11.5. The van der Waals surface area contributed by atoms with Gasteiger partial charge in [0.2, 0.25) is 11.8 Å². The Morgan fingerprint density at radius 1 is 1.07 bits per heavy atom. The number of para-hydroxylation sites is 1. The second-order valence-corrected chi connectivity index (χ2v) is 8.69. The lowest BCUT2D eigenvalue weighted by Crippen LogP contribution is -2.43. The second-order valence-electron chi connectivity index (χ2n) is 7.52. The summed E-state index contributed by atoms with van der Waals surface area (Å²) < 4.78 is 5.61. The molecule has 0 saturated carbocycles. The molecule has 0 spiro atoms. The summed E-state index contributed by atoms with van der Waals surface area (Å²) in [5.41, 5.74) is 1.25. The van der Waals surface area contributed by atoms with Gasteiger partial charge >= 0.3 is 0 Å². The Labute approximate surface area is 183 Å². The van der Waals surface area contributed by atoms with Gasteiger partial charge in [-0.2, -0.15) is 0 Å². The molecule has 30 heavy (non-hydrogen) atoms. The van der Waals surface area contributed by atoms with E-state index in [4.69, 9.17) is 4.74 Å². The number of benzene rings is 2. The zero-order chi connectivity index (χ0) is 21.2. The van der Waals surface area contributed by atoms with E-state index in [1.165, 1.54) is 10.5 Å². The Bertz CT molecular complexity index is 803. The van der Waals surface area contributed by atoms with Crippen LogP contribution in [0.5, 0.6) is 5.75 Å². The van der Waals surface area contributed by atoms with Crippen LogP contribution in [0.25, 0.3) is 0 Å². The molecule has 0 aliphatic carbocycles. The summed E-state index contributed by atoms with van der Waals surface area (Å²) >= 11 is 1.75. The highest BCUT2D eigenvalue weighted by Gasteiger charge is 2.26. The van der Waals surface area contributed by atoms with Crippen molar-refractivity contribution >= 4 is 23.6 Å². The smallest absolute Gasteiger partial charge is 0.225 e. The van der Waals surface area contributed by atoms with Gasteiger partial charge in [0.05, 0.1) is 13.0 Å². The average molecular weight is 427 g/mol. The van der Waals surface area contributed by atoms with Crippen LogP contribution in [0, 0.1) is 12.8 Å². The monoisotopic (exact) mass is 426 g/mol. The predicted octanol–water partition coefficient (Wildman–Crippen LogP) is 3.91. The molecule has 0 aromatic heterocycles. The van der Waals surface area contributed by atoms with E-state index >= 15 is 0 Å².